The molecule has 18 heteroatoms. The number of hydrogen-bond acceptors (Lipinski definition) is 8. The number of aromatic amines is 3. The van der Waals surface area contributed by atoms with Crippen LogP contribution < -0.4 is 38.2 Å². The Hall–Kier alpha value is -7.47. The Labute approximate surface area is 363 Å². The van der Waals surface area contributed by atoms with Crippen molar-refractivity contribution in [1.82, 2.24) is 51.6 Å². The van der Waals surface area contributed by atoms with E-state index in [9.17, 15) is 28.8 Å². The summed E-state index contributed by atoms with van der Waals surface area (Å²) in [5, 5.41) is 13.7. The monoisotopic (exact) mass is 858 g/mol. The number of para-hydroxylation sites is 2. The van der Waals surface area contributed by atoms with Crippen LogP contribution in [0, 0.1) is 5.92 Å². The zero-order chi connectivity index (χ0) is 45.0. The normalized spacial score (nSPS) is 13.7. The van der Waals surface area contributed by atoms with Crippen molar-refractivity contribution in [3.63, 3.8) is 0 Å². The van der Waals surface area contributed by atoms with E-state index in [4.69, 9.17) is 11.5 Å². The highest BCUT2D eigenvalue weighted by atomic mass is 16.2. The van der Waals surface area contributed by atoms with Crippen molar-refractivity contribution in [2.24, 2.45) is 17.4 Å². The summed E-state index contributed by atoms with van der Waals surface area (Å²) < 4.78 is 0. The molecule has 5 atom stereocenters. The number of benzene rings is 3. The van der Waals surface area contributed by atoms with Crippen molar-refractivity contribution < 1.29 is 28.8 Å². The molecule has 0 aliphatic heterocycles. The van der Waals surface area contributed by atoms with Crippen LogP contribution in [0.25, 0.3) is 21.8 Å². The summed E-state index contributed by atoms with van der Waals surface area (Å²) in [4.78, 5) is 95.5. The van der Waals surface area contributed by atoms with Gasteiger partial charge in [0.15, 0.2) is 0 Å². The molecule has 0 unspecified atom stereocenters. The summed E-state index contributed by atoms with van der Waals surface area (Å²) in [6, 6.07) is 17.4. The summed E-state index contributed by atoms with van der Waals surface area (Å²) in [5.74, 6) is -3.60. The molecule has 3 heterocycles. The second-order valence-electron chi connectivity index (χ2n) is 15.9. The van der Waals surface area contributed by atoms with E-state index in [0.29, 0.717) is 11.3 Å². The van der Waals surface area contributed by atoms with Gasteiger partial charge in [-0.25, -0.2) is 14.8 Å². The fourth-order valence-electron chi connectivity index (χ4n) is 7.16. The number of fused-ring (bicyclic) bond motifs is 2. The topological polar surface area (TPSA) is 278 Å². The molecule has 7 amide bonds. The summed E-state index contributed by atoms with van der Waals surface area (Å²) >= 11 is 0. The third-order valence-electron chi connectivity index (χ3n) is 10.5. The lowest BCUT2D eigenvalue weighted by molar-refractivity contribution is -0.132. The van der Waals surface area contributed by atoms with Gasteiger partial charge in [0.25, 0.3) is 5.91 Å². The number of primary amides is 1. The molecule has 6 rings (SSSR count). The van der Waals surface area contributed by atoms with Crippen LogP contribution >= 0.6 is 0 Å². The van der Waals surface area contributed by atoms with Crippen molar-refractivity contribution in [2.75, 3.05) is 6.54 Å². The van der Waals surface area contributed by atoms with Crippen molar-refractivity contribution in [3.05, 3.63) is 126 Å². The van der Waals surface area contributed by atoms with E-state index in [1.54, 1.807) is 42.9 Å². The summed E-state index contributed by atoms with van der Waals surface area (Å²) in [5.41, 5.74) is 18.9. The van der Waals surface area contributed by atoms with Gasteiger partial charge in [-0.05, 0) is 41.7 Å². The molecule has 0 bridgehead atoms. The van der Waals surface area contributed by atoms with Crippen molar-refractivity contribution in [3.8, 4) is 0 Å². The smallest absolute Gasteiger partial charge is 0.336 e. The van der Waals surface area contributed by atoms with Crippen LogP contribution in [0.15, 0.2) is 104 Å². The van der Waals surface area contributed by atoms with Gasteiger partial charge in [-0.1, -0.05) is 80.6 Å². The van der Waals surface area contributed by atoms with E-state index < -0.39 is 65.8 Å². The minimum absolute atomic E-state index is 0.0101. The maximum absolute atomic E-state index is 14.4. The molecule has 0 saturated heterocycles. The van der Waals surface area contributed by atoms with Gasteiger partial charge in [0.1, 0.15) is 24.2 Å². The zero-order valence-corrected chi connectivity index (χ0v) is 35.3. The number of nitrogens with one attached hydrogen (secondary N) is 8. The molecule has 0 radical (unpaired) electrons. The molecule has 6 aromatic rings. The van der Waals surface area contributed by atoms with Gasteiger partial charge in [-0.2, -0.15) is 0 Å². The van der Waals surface area contributed by atoms with Crippen molar-refractivity contribution in [1.29, 1.82) is 0 Å². The Morgan fingerprint density at radius 1 is 0.635 bits per heavy atom. The number of carbonyl (C=O) groups is 6. The molecular formula is C45H54N12O6. The molecule has 0 saturated carbocycles. The van der Waals surface area contributed by atoms with E-state index >= 15 is 0 Å². The Kier molecular flexibility index (Phi) is 14.9. The average molecular weight is 859 g/mol. The zero-order valence-electron chi connectivity index (χ0n) is 35.3. The van der Waals surface area contributed by atoms with Gasteiger partial charge in [0.2, 0.25) is 23.6 Å². The first-order valence-corrected chi connectivity index (χ1v) is 20.7. The predicted molar refractivity (Wildman–Crippen MR) is 237 cm³/mol. The first kappa shape index (κ1) is 45.1. The van der Waals surface area contributed by atoms with Crippen LogP contribution in [0.2, 0.25) is 0 Å². The average Bonchev–Trinajstić information content (AvgIpc) is 4.03. The first-order valence-electron chi connectivity index (χ1n) is 20.7. The second-order valence-corrected chi connectivity index (χ2v) is 15.9. The van der Waals surface area contributed by atoms with Crippen LogP contribution in [0.5, 0.6) is 0 Å². The summed E-state index contributed by atoms with van der Waals surface area (Å²) in [6.07, 6.45) is 6.74. The number of nitrogens with zero attached hydrogens (tertiary/aromatic N) is 2. The molecular weight excluding hydrogens is 805 g/mol. The van der Waals surface area contributed by atoms with E-state index in [-0.39, 0.29) is 38.1 Å². The molecule has 3 aromatic heterocycles. The highest BCUT2D eigenvalue weighted by molar-refractivity contribution is 5.96. The Balaban J connectivity index is 1.27. The quantitative estimate of drug-likeness (QED) is 0.0537. The number of urea groups is 1. The highest BCUT2D eigenvalue weighted by Crippen LogP contribution is 2.21. The van der Waals surface area contributed by atoms with Gasteiger partial charge in [-0.3, -0.25) is 29.4 Å². The lowest BCUT2D eigenvalue weighted by atomic mass is 10.0. The van der Waals surface area contributed by atoms with Crippen LogP contribution in [0.3, 0.4) is 0 Å². The molecule has 12 N–H and O–H groups in total. The predicted octanol–water partition coefficient (Wildman–Crippen LogP) is 2.00. The molecule has 0 fully saturated rings. The van der Waals surface area contributed by atoms with E-state index in [2.05, 4.69) is 46.6 Å². The fraction of sp³-hybridized carbons (Fsp3) is 0.311. The summed E-state index contributed by atoms with van der Waals surface area (Å²) in [7, 11) is 0. The van der Waals surface area contributed by atoms with Crippen LogP contribution in [0.4, 0.5) is 4.79 Å². The maximum Gasteiger partial charge on any atom is 0.336 e. The molecule has 0 aliphatic carbocycles. The number of imidazole rings is 1. The molecule has 0 spiro atoms. The number of H-pyrrole nitrogens is 3. The lowest BCUT2D eigenvalue weighted by Crippen LogP contribution is -2.62. The van der Waals surface area contributed by atoms with Gasteiger partial charge in [0.05, 0.1) is 12.4 Å². The lowest BCUT2D eigenvalue weighted by Gasteiger charge is -2.30. The highest BCUT2D eigenvalue weighted by Gasteiger charge is 2.33. The van der Waals surface area contributed by atoms with Gasteiger partial charge >= 0.3 is 6.03 Å². The molecule has 0 aliphatic rings. The Morgan fingerprint density at radius 2 is 1.17 bits per heavy atom. The first-order chi connectivity index (χ1) is 30.2. The second kappa shape index (κ2) is 20.9. The number of amides is 7. The van der Waals surface area contributed by atoms with Gasteiger partial charge in [-0.15, -0.1) is 0 Å². The van der Waals surface area contributed by atoms with Crippen LogP contribution in [0.1, 0.15) is 43.2 Å². The standard InChI is InChI=1S/C45H54N12O6/c1-26(2)24-57(56-44(62)39(19-30-22-50-36-16-10-8-14-33(30)36)53-41(59)34(46)20-31-23-48-25-51-31)45(63)55-38(18-29-21-49-35-15-9-7-13-32(29)35)43(61)54-37(17-28-11-5-4-6-12-28)42(60)52-27(3)40(47)58/h4-16,21-23,25-27,34,37-39,49-50H,17-20,24,46H2,1-3H3,(H2,47,58)(H,48,51)(H,52,60)(H,53,59)(H,54,61)(H,55,63)(H,56,62)/t27-,34-,37+,38-,39+/m0/s1. The SMILES string of the molecule is CC(C)CN(NC(=O)[C@@H](Cc1c[nH]c2ccccc12)NC(=O)[C@@H](N)Cc1cnc[nH]1)C(=O)N[C@@H](Cc1c[nH]c2ccccc12)C(=O)N[C@H](Cc1ccccc1)C(=O)N[C@@H](C)C(N)=O. The van der Waals surface area contributed by atoms with E-state index in [1.165, 1.54) is 13.3 Å². The fourth-order valence-corrected chi connectivity index (χ4v) is 7.16. The summed E-state index contributed by atoms with van der Waals surface area (Å²) in [6.45, 7) is 5.14. The van der Waals surface area contributed by atoms with Crippen LogP contribution in [-0.4, -0.2) is 97.3 Å². The number of carbonyl (C=O) groups excluding carboxylic acids is 6. The largest absolute Gasteiger partial charge is 0.368 e. The molecule has 3 aromatic carbocycles. The van der Waals surface area contributed by atoms with Gasteiger partial charge < -0.3 is 47.7 Å². The third-order valence-corrected chi connectivity index (χ3v) is 10.5. The van der Waals surface area contributed by atoms with E-state index in [1.807, 2.05) is 68.4 Å². The minimum atomic E-state index is -1.29. The Bertz CT molecular complexity index is 2520. The number of rotatable bonds is 19. The van der Waals surface area contributed by atoms with Gasteiger partial charge in [0, 0.05) is 78.3 Å². The number of hydrazine groups is 1. The Morgan fingerprint density at radius 3 is 1.75 bits per heavy atom. The minimum Gasteiger partial charge on any atom is -0.368 e. The van der Waals surface area contributed by atoms with Crippen molar-refractivity contribution >= 4 is 57.4 Å². The van der Waals surface area contributed by atoms with Crippen LogP contribution in [-0.2, 0) is 49.7 Å². The molecule has 330 valence electrons. The molecule has 18 nitrogen and oxygen atoms in total. The maximum atomic E-state index is 14.4. The van der Waals surface area contributed by atoms with Crippen molar-refractivity contribution in [2.45, 2.75) is 76.7 Å². The molecule has 63 heavy (non-hydrogen) atoms. The third kappa shape index (κ3) is 12.1. The number of hydrogen-bond donors (Lipinski definition) is 10. The number of nitrogens with two attached hydrogens (primary N) is 2. The van der Waals surface area contributed by atoms with E-state index in [0.717, 1.165) is 37.9 Å². The number of aromatic nitrogens is 4.